The summed E-state index contributed by atoms with van der Waals surface area (Å²) in [5.74, 6) is 0. The van der Waals surface area contributed by atoms with Crippen molar-refractivity contribution in [1.82, 2.24) is 14.7 Å². The molecule has 5 nitrogen and oxygen atoms in total. The topological polar surface area (TPSA) is 39.2 Å². The van der Waals surface area contributed by atoms with Crippen molar-refractivity contribution in [3.05, 3.63) is 0 Å². The van der Waals surface area contributed by atoms with Crippen LogP contribution in [0.5, 0.6) is 0 Å². The molecule has 0 aromatic carbocycles. The molecule has 3 heterocycles. The van der Waals surface area contributed by atoms with E-state index in [-0.39, 0.29) is 12.2 Å². The number of hydrogen-bond acceptors (Lipinski definition) is 5. The molecule has 3 rings (SSSR count). The molecule has 0 aromatic rings. The Bertz CT molecular complexity index is 357. The van der Waals surface area contributed by atoms with Crippen LogP contribution in [0.2, 0.25) is 0 Å². The third-order valence-electron chi connectivity index (χ3n) is 6.09. The number of piperidine rings is 1. The lowest BCUT2D eigenvalue weighted by atomic mass is 9.96. The zero-order chi connectivity index (χ0) is 16.4. The van der Waals surface area contributed by atoms with Crippen LogP contribution < -0.4 is 0 Å². The Balaban J connectivity index is 1.39. The normalized spacial score (nSPS) is 35.1. The monoisotopic (exact) mass is 325 g/mol. The lowest BCUT2D eigenvalue weighted by molar-refractivity contribution is -0.0205. The fourth-order valence-electron chi connectivity index (χ4n) is 4.65. The zero-order valence-corrected chi connectivity index (χ0v) is 15.2. The van der Waals surface area contributed by atoms with Gasteiger partial charge >= 0.3 is 0 Å². The number of piperazine rings is 1. The summed E-state index contributed by atoms with van der Waals surface area (Å²) in [7, 11) is 2.32. The van der Waals surface area contributed by atoms with Gasteiger partial charge < -0.3 is 14.7 Å². The van der Waals surface area contributed by atoms with Crippen LogP contribution in [-0.2, 0) is 4.74 Å². The van der Waals surface area contributed by atoms with Gasteiger partial charge in [-0.25, -0.2) is 0 Å². The molecule has 23 heavy (non-hydrogen) atoms. The maximum Gasteiger partial charge on any atom is 0.0900 e. The van der Waals surface area contributed by atoms with E-state index in [2.05, 4.69) is 21.7 Å². The fourth-order valence-corrected chi connectivity index (χ4v) is 4.65. The van der Waals surface area contributed by atoms with E-state index in [4.69, 9.17) is 4.74 Å². The quantitative estimate of drug-likeness (QED) is 0.789. The van der Waals surface area contributed by atoms with Crippen molar-refractivity contribution in [2.45, 2.75) is 69.9 Å². The Labute approximate surface area is 141 Å². The second kappa shape index (κ2) is 7.79. The molecule has 3 unspecified atom stereocenters. The van der Waals surface area contributed by atoms with E-state index >= 15 is 0 Å². The SMILES string of the molecule is CC(C)OCC(O)CN1CCN(C2CC3CCC(C2)N3C)CC1. The Hall–Kier alpha value is -0.200. The van der Waals surface area contributed by atoms with Gasteiger partial charge in [0.15, 0.2) is 0 Å². The minimum Gasteiger partial charge on any atom is -0.389 e. The molecule has 3 saturated heterocycles. The molecule has 3 atom stereocenters. The largest absolute Gasteiger partial charge is 0.389 e. The van der Waals surface area contributed by atoms with Crippen molar-refractivity contribution in [1.29, 1.82) is 0 Å². The standard InChI is InChI=1S/C18H35N3O2/c1-14(2)23-13-18(22)12-20-6-8-21(9-7-20)17-10-15-4-5-16(11-17)19(15)3/h14-18,22H,4-13H2,1-3H3. The lowest BCUT2D eigenvalue weighted by Crippen LogP contribution is -2.55. The first-order valence-electron chi connectivity index (χ1n) is 9.51. The summed E-state index contributed by atoms with van der Waals surface area (Å²) in [6, 6.07) is 2.44. The average Bonchev–Trinajstić information content (AvgIpc) is 2.75. The molecule has 0 radical (unpaired) electrons. The van der Waals surface area contributed by atoms with Crippen molar-refractivity contribution < 1.29 is 9.84 Å². The van der Waals surface area contributed by atoms with Gasteiger partial charge in [0.2, 0.25) is 0 Å². The van der Waals surface area contributed by atoms with Crippen molar-refractivity contribution in [2.24, 2.45) is 0 Å². The molecule has 0 amide bonds. The Kier molecular flexibility index (Phi) is 5.97. The van der Waals surface area contributed by atoms with E-state index in [0.717, 1.165) is 50.8 Å². The third-order valence-corrected chi connectivity index (χ3v) is 6.09. The Morgan fingerprint density at radius 3 is 2.17 bits per heavy atom. The predicted molar refractivity (Wildman–Crippen MR) is 92.7 cm³/mol. The van der Waals surface area contributed by atoms with Gasteiger partial charge in [0.25, 0.3) is 0 Å². The molecule has 0 spiro atoms. The van der Waals surface area contributed by atoms with Gasteiger partial charge in [-0.1, -0.05) is 0 Å². The molecule has 134 valence electrons. The van der Waals surface area contributed by atoms with Crippen molar-refractivity contribution >= 4 is 0 Å². The summed E-state index contributed by atoms with van der Waals surface area (Å²) in [5, 5.41) is 10.1. The molecule has 3 fully saturated rings. The van der Waals surface area contributed by atoms with Crippen LogP contribution >= 0.6 is 0 Å². The molecule has 1 N–H and O–H groups in total. The van der Waals surface area contributed by atoms with E-state index in [1.807, 2.05) is 13.8 Å². The van der Waals surface area contributed by atoms with E-state index < -0.39 is 0 Å². The minimum absolute atomic E-state index is 0.196. The van der Waals surface area contributed by atoms with Gasteiger partial charge in [0, 0.05) is 50.8 Å². The number of rotatable bonds is 6. The van der Waals surface area contributed by atoms with Crippen molar-refractivity contribution in [2.75, 3.05) is 46.4 Å². The zero-order valence-electron chi connectivity index (χ0n) is 15.2. The molecule has 3 aliphatic rings. The van der Waals surface area contributed by atoms with Gasteiger partial charge in [0.1, 0.15) is 0 Å². The number of ether oxygens (including phenoxy) is 1. The first-order chi connectivity index (χ1) is 11.0. The van der Waals surface area contributed by atoms with Crippen LogP contribution in [0.3, 0.4) is 0 Å². The fraction of sp³-hybridized carbons (Fsp3) is 1.00. The highest BCUT2D eigenvalue weighted by molar-refractivity contribution is 4.97. The first kappa shape index (κ1) is 17.6. The number of hydrogen-bond donors (Lipinski definition) is 1. The summed E-state index contributed by atoms with van der Waals surface area (Å²) in [5.41, 5.74) is 0. The van der Waals surface area contributed by atoms with Gasteiger partial charge in [-0.15, -0.1) is 0 Å². The molecule has 3 aliphatic heterocycles. The molecule has 5 heteroatoms. The van der Waals surface area contributed by atoms with Crippen LogP contribution in [0.4, 0.5) is 0 Å². The van der Waals surface area contributed by atoms with Gasteiger partial charge in [-0.3, -0.25) is 9.80 Å². The van der Waals surface area contributed by atoms with Crippen LogP contribution in [0.15, 0.2) is 0 Å². The number of β-amino-alcohol motifs (C(OH)–C–C–N with tert-alkyl or cyclic N) is 1. The Morgan fingerprint density at radius 2 is 1.61 bits per heavy atom. The van der Waals surface area contributed by atoms with Crippen molar-refractivity contribution in [3.63, 3.8) is 0 Å². The number of nitrogens with zero attached hydrogens (tertiary/aromatic N) is 3. The highest BCUT2D eigenvalue weighted by Crippen LogP contribution is 2.36. The number of fused-ring (bicyclic) bond motifs is 2. The molecule has 2 bridgehead atoms. The minimum atomic E-state index is -0.358. The van der Waals surface area contributed by atoms with Crippen LogP contribution in [-0.4, -0.2) is 96.5 Å². The van der Waals surface area contributed by atoms with Gasteiger partial charge in [-0.05, 0) is 46.6 Å². The van der Waals surface area contributed by atoms with Crippen molar-refractivity contribution in [3.8, 4) is 0 Å². The highest BCUT2D eigenvalue weighted by atomic mass is 16.5. The summed E-state index contributed by atoms with van der Waals surface area (Å²) >= 11 is 0. The summed E-state index contributed by atoms with van der Waals surface area (Å²) in [6.45, 7) is 9.72. The van der Waals surface area contributed by atoms with E-state index in [9.17, 15) is 5.11 Å². The third kappa shape index (κ3) is 4.45. The second-order valence-electron chi connectivity index (χ2n) is 8.05. The Morgan fingerprint density at radius 1 is 1.00 bits per heavy atom. The predicted octanol–water partition coefficient (Wildman–Crippen LogP) is 1.02. The van der Waals surface area contributed by atoms with E-state index in [1.54, 1.807) is 0 Å². The molecular weight excluding hydrogens is 290 g/mol. The molecule has 0 saturated carbocycles. The maximum atomic E-state index is 10.1. The second-order valence-corrected chi connectivity index (χ2v) is 8.05. The van der Waals surface area contributed by atoms with Crippen LogP contribution in [0, 0.1) is 0 Å². The summed E-state index contributed by atoms with van der Waals surface area (Å²) < 4.78 is 5.51. The first-order valence-corrected chi connectivity index (χ1v) is 9.51. The van der Waals surface area contributed by atoms with Crippen LogP contribution in [0.25, 0.3) is 0 Å². The van der Waals surface area contributed by atoms with Gasteiger partial charge in [-0.2, -0.15) is 0 Å². The van der Waals surface area contributed by atoms with Crippen LogP contribution in [0.1, 0.15) is 39.5 Å². The van der Waals surface area contributed by atoms with E-state index in [1.165, 1.54) is 25.7 Å². The van der Waals surface area contributed by atoms with Gasteiger partial charge in [0.05, 0.1) is 18.8 Å². The number of aliphatic hydroxyl groups is 1. The molecule has 0 aliphatic carbocycles. The number of aliphatic hydroxyl groups excluding tert-OH is 1. The molecule has 0 aromatic heterocycles. The summed E-state index contributed by atoms with van der Waals surface area (Å²) in [4.78, 5) is 7.73. The lowest BCUT2D eigenvalue weighted by Gasteiger charge is -2.45. The maximum absolute atomic E-state index is 10.1. The van der Waals surface area contributed by atoms with E-state index in [0.29, 0.717) is 6.61 Å². The smallest absolute Gasteiger partial charge is 0.0900 e. The summed E-state index contributed by atoms with van der Waals surface area (Å²) in [6.07, 6.45) is 5.36. The molecular formula is C18H35N3O2. The highest BCUT2D eigenvalue weighted by Gasteiger charge is 2.40. The average molecular weight is 325 g/mol.